The molecule has 0 fully saturated rings. The maximum Gasteiger partial charge on any atom is 0.263 e. The lowest BCUT2D eigenvalue weighted by molar-refractivity contribution is 0.126. The van der Waals surface area contributed by atoms with Gasteiger partial charge in [-0.15, -0.1) is 0 Å². The molecule has 1 rings (SSSR count). The molecule has 0 atom stereocenters. The van der Waals surface area contributed by atoms with E-state index < -0.39 is 28.0 Å². The Balaban J connectivity index is 3.07. The molecule has 0 aliphatic heterocycles. The summed E-state index contributed by atoms with van der Waals surface area (Å²) in [6.45, 7) is -0.894. The van der Waals surface area contributed by atoms with Gasteiger partial charge in [0.1, 0.15) is 5.15 Å². The number of sulfonamides is 1. The van der Waals surface area contributed by atoms with Gasteiger partial charge in [-0.1, -0.05) is 11.6 Å². The largest absolute Gasteiger partial charge is 0.324 e. The lowest BCUT2D eigenvalue weighted by Crippen LogP contribution is -2.31. The van der Waals surface area contributed by atoms with Gasteiger partial charge in [-0.25, -0.2) is 22.2 Å². The molecule has 1 aromatic rings. The maximum absolute atomic E-state index is 12.1. The van der Waals surface area contributed by atoms with E-state index in [4.69, 9.17) is 11.6 Å². The van der Waals surface area contributed by atoms with Gasteiger partial charge < -0.3 is 4.57 Å². The fourth-order valence-corrected chi connectivity index (χ4v) is 2.53. The summed E-state index contributed by atoms with van der Waals surface area (Å²) in [5.41, 5.74) is 0. The van der Waals surface area contributed by atoms with Crippen LogP contribution in [0.2, 0.25) is 5.15 Å². The summed E-state index contributed by atoms with van der Waals surface area (Å²) < 4.78 is 49.4. The normalized spacial score (nSPS) is 12.7. The van der Waals surface area contributed by atoms with Crippen LogP contribution in [0, 0.1) is 0 Å². The van der Waals surface area contributed by atoms with E-state index in [2.05, 4.69) is 4.98 Å². The molecule has 1 aromatic heterocycles. The summed E-state index contributed by atoms with van der Waals surface area (Å²) in [7, 11) is -1.50. The van der Waals surface area contributed by atoms with Gasteiger partial charge in [0, 0.05) is 14.1 Å². The molecule has 0 unspecified atom stereocenters. The number of alkyl halides is 2. The highest BCUT2D eigenvalue weighted by Gasteiger charge is 2.28. The van der Waals surface area contributed by atoms with E-state index in [0.717, 1.165) is 7.05 Å². The zero-order chi connectivity index (χ0) is 12.5. The van der Waals surface area contributed by atoms with Crippen LogP contribution in [0.5, 0.6) is 0 Å². The van der Waals surface area contributed by atoms with Gasteiger partial charge in [-0.2, -0.15) is 4.31 Å². The molecule has 0 aliphatic carbocycles. The van der Waals surface area contributed by atoms with E-state index in [0.29, 0.717) is 4.31 Å². The van der Waals surface area contributed by atoms with Crippen LogP contribution in [0.25, 0.3) is 0 Å². The lowest BCUT2D eigenvalue weighted by atomic mass is 10.7. The quantitative estimate of drug-likeness (QED) is 0.821. The molecule has 0 bridgehead atoms. The molecular weight excluding hydrogens is 264 g/mol. The Bertz CT molecular complexity index is 474. The van der Waals surface area contributed by atoms with Crippen molar-refractivity contribution in [2.24, 2.45) is 7.05 Å². The van der Waals surface area contributed by atoms with Crippen LogP contribution in [-0.4, -0.2) is 42.3 Å². The fourth-order valence-electron chi connectivity index (χ4n) is 1.01. The van der Waals surface area contributed by atoms with Crippen molar-refractivity contribution in [3.8, 4) is 0 Å². The van der Waals surface area contributed by atoms with Gasteiger partial charge in [0.25, 0.3) is 16.4 Å². The minimum absolute atomic E-state index is 0.110. The predicted molar refractivity (Wildman–Crippen MR) is 54.0 cm³/mol. The maximum atomic E-state index is 12.1. The number of rotatable bonds is 4. The summed E-state index contributed by atoms with van der Waals surface area (Å²) >= 11 is 5.68. The number of nitrogens with zero attached hydrogens (tertiary/aromatic N) is 3. The fraction of sp³-hybridized carbons (Fsp3) is 0.571. The Labute approximate surface area is 96.7 Å². The number of aryl methyl sites for hydroxylation is 1. The molecule has 0 amide bonds. The number of hydrogen-bond acceptors (Lipinski definition) is 3. The summed E-state index contributed by atoms with van der Waals surface area (Å²) in [6.07, 6.45) is -1.55. The van der Waals surface area contributed by atoms with Crippen molar-refractivity contribution in [3.05, 3.63) is 11.5 Å². The Morgan fingerprint density at radius 3 is 2.56 bits per heavy atom. The molecule has 5 nitrogen and oxygen atoms in total. The minimum atomic E-state index is -4.05. The molecule has 0 spiro atoms. The zero-order valence-electron chi connectivity index (χ0n) is 8.56. The minimum Gasteiger partial charge on any atom is -0.324 e. The predicted octanol–water partition coefficient (Wildman–Crippen LogP) is 0.959. The number of halogens is 3. The highest BCUT2D eigenvalue weighted by molar-refractivity contribution is 7.89. The van der Waals surface area contributed by atoms with E-state index >= 15 is 0 Å². The molecule has 9 heteroatoms. The van der Waals surface area contributed by atoms with Crippen LogP contribution in [0.1, 0.15) is 0 Å². The van der Waals surface area contributed by atoms with Crippen molar-refractivity contribution >= 4 is 21.6 Å². The Morgan fingerprint density at radius 1 is 1.62 bits per heavy atom. The first-order valence-electron chi connectivity index (χ1n) is 4.18. The molecule has 0 aliphatic rings. The molecule has 0 radical (unpaired) electrons. The van der Waals surface area contributed by atoms with Crippen molar-refractivity contribution in [2.45, 2.75) is 11.5 Å². The second-order valence-electron chi connectivity index (χ2n) is 3.13. The smallest absolute Gasteiger partial charge is 0.263 e. The summed E-state index contributed by atoms with van der Waals surface area (Å²) in [5.74, 6) is 0. The number of aromatic nitrogens is 2. The average Bonchev–Trinajstić information content (AvgIpc) is 2.46. The van der Waals surface area contributed by atoms with Crippen molar-refractivity contribution in [2.75, 3.05) is 13.6 Å². The average molecular weight is 274 g/mol. The van der Waals surface area contributed by atoms with E-state index in [1.807, 2.05) is 0 Å². The third-order valence-corrected chi connectivity index (χ3v) is 4.20. The molecule has 16 heavy (non-hydrogen) atoms. The third kappa shape index (κ3) is 2.50. The molecule has 0 N–H and O–H groups in total. The second kappa shape index (κ2) is 4.64. The summed E-state index contributed by atoms with van der Waals surface area (Å²) in [4.78, 5) is 3.57. The Kier molecular flexibility index (Phi) is 3.87. The monoisotopic (exact) mass is 273 g/mol. The molecule has 0 saturated carbocycles. The Hall–Kier alpha value is -0.730. The van der Waals surface area contributed by atoms with Gasteiger partial charge in [-0.05, 0) is 0 Å². The van der Waals surface area contributed by atoms with Gasteiger partial charge >= 0.3 is 0 Å². The summed E-state index contributed by atoms with van der Waals surface area (Å²) in [6, 6.07) is 0. The Morgan fingerprint density at radius 2 is 2.19 bits per heavy atom. The van der Waals surface area contributed by atoms with Crippen LogP contribution in [0.15, 0.2) is 11.4 Å². The molecule has 0 aromatic carbocycles. The van der Waals surface area contributed by atoms with Gasteiger partial charge in [0.2, 0.25) is 5.03 Å². The first kappa shape index (κ1) is 13.3. The first-order valence-corrected chi connectivity index (χ1v) is 6.00. The highest BCUT2D eigenvalue weighted by Crippen LogP contribution is 2.21. The van der Waals surface area contributed by atoms with Crippen LogP contribution >= 0.6 is 11.6 Å². The van der Waals surface area contributed by atoms with Crippen molar-refractivity contribution in [1.29, 1.82) is 0 Å². The van der Waals surface area contributed by atoms with Gasteiger partial charge in [-0.3, -0.25) is 0 Å². The lowest BCUT2D eigenvalue weighted by Gasteiger charge is -2.14. The van der Waals surface area contributed by atoms with E-state index in [1.165, 1.54) is 17.9 Å². The van der Waals surface area contributed by atoms with Gasteiger partial charge in [0.15, 0.2) is 0 Å². The number of imidazole rings is 1. The molecule has 92 valence electrons. The SMILES string of the molecule is CN(CC(F)F)S(=O)(=O)c1ncn(C)c1Cl. The van der Waals surface area contributed by atoms with E-state index in [9.17, 15) is 17.2 Å². The van der Waals surface area contributed by atoms with Crippen molar-refractivity contribution in [3.63, 3.8) is 0 Å². The number of hydrogen-bond donors (Lipinski definition) is 0. The van der Waals surface area contributed by atoms with Crippen LogP contribution in [0.4, 0.5) is 8.78 Å². The van der Waals surface area contributed by atoms with Gasteiger partial charge in [0.05, 0.1) is 12.9 Å². The zero-order valence-corrected chi connectivity index (χ0v) is 10.1. The van der Waals surface area contributed by atoms with E-state index in [1.54, 1.807) is 0 Å². The standard InChI is InChI=1S/C7H10ClF2N3O2S/c1-12-4-11-7(6(12)8)16(14,15)13(2)3-5(9)10/h4-5H,3H2,1-2H3. The van der Waals surface area contributed by atoms with E-state index in [-0.39, 0.29) is 5.15 Å². The second-order valence-corrected chi connectivity index (χ2v) is 5.45. The topological polar surface area (TPSA) is 55.2 Å². The first-order chi connectivity index (χ1) is 7.26. The summed E-state index contributed by atoms with van der Waals surface area (Å²) in [5, 5.41) is -0.527. The molecule has 1 heterocycles. The highest BCUT2D eigenvalue weighted by atomic mass is 35.5. The van der Waals surface area contributed by atoms with Crippen molar-refractivity contribution in [1.82, 2.24) is 13.9 Å². The van der Waals surface area contributed by atoms with Crippen LogP contribution < -0.4 is 0 Å². The van der Waals surface area contributed by atoms with Crippen LogP contribution in [0.3, 0.4) is 0 Å². The molecule has 0 saturated heterocycles. The molecular formula is C7H10ClF2N3O2S. The van der Waals surface area contributed by atoms with Crippen LogP contribution in [-0.2, 0) is 17.1 Å². The third-order valence-electron chi connectivity index (χ3n) is 1.88. The van der Waals surface area contributed by atoms with Crippen molar-refractivity contribution < 1.29 is 17.2 Å².